The maximum atomic E-state index is 11.7. The number of halogens is 1. The summed E-state index contributed by atoms with van der Waals surface area (Å²) in [5.74, 6) is 1.93. The first-order chi connectivity index (χ1) is 12.6. The Bertz CT molecular complexity index is 966. The molecule has 0 radical (unpaired) electrons. The zero-order valence-electron chi connectivity index (χ0n) is 14.4. The van der Waals surface area contributed by atoms with E-state index in [0.717, 1.165) is 34.4 Å². The Labute approximate surface area is 160 Å². The van der Waals surface area contributed by atoms with Crippen LogP contribution in [0.1, 0.15) is 30.5 Å². The molecule has 0 bridgehead atoms. The Morgan fingerprint density at radius 3 is 2.73 bits per heavy atom. The van der Waals surface area contributed by atoms with E-state index in [-0.39, 0.29) is 5.56 Å². The topological polar surface area (TPSA) is 70.7 Å². The van der Waals surface area contributed by atoms with Gasteiger partial charge in [0.2, 0.25) is 0 Å². The summed E-state index contributed by atoms with van der Waals surface area (Å²) in [5.41, 5.74) is 2.80. The van der Waals surface area contributed by atoms with Crippen molar-refractivity contribution in [1.29, 1.82) is 0 Å². The van der Waals surface area contributed by atoms with Gasteiger partial charge in [0.15, 0.2) is 0 Å². The molecule has 2 atom stereocenters. The minimum atomic E-state index is -0.135. The summed E-state index contributed by atoms with van der Waals surface area (Å²) in [6, 6.07) is 14.3. The van der Waals surface area contributed by atoms with Gasteiger partial charge in [-0.05, 0) is 42.7 Å². The van der Waals surface area contributed by atoms with Gasteiger partial charge < -0.3 is 10.3 Å². The maximum absolute atomic E-state index is 11.7. The summed E-state index contributed by atoms with van der Waals surface area (Å²) >= 11 is 3.47. The van der Waals surface area contributed by atoms with Crippen LogP contribution in [-0.2, 0) is 6.42 Å². The average molecular weight is 411 g/mol. The molecule has 0 spiro atoms. The molecule has 1 aliphatic rings. The molecule has 1 aromatic carbocycles. The zero-order chi connectivity index (χ0) is 18.1. The highest BCUT2D eigenvalue weighted by Gasteiger charge is 2.38. The first-order valence-corrected chi connectivity index (χ1v) is 9.50. The smallest absolute Gasteiger partial charge is 0.251 e. The molecule has 0 amide bonds. The van der Waals surface area contributed by atoms with Crippen molar-refractivity contribution in [3.05, 3.63) is 74.7 Å². The van der Waals surface area contributed by atoms with Crippen LogP contribution in [0.3, 0.4) is 0 Å². The molecular formula is C20H19BrN4O. The zero-order valence-corrected chi connectivity index (χ0v) is 16.0. The number of aromatic nitrogens is 3. The second kappa shape index (κ2) is 7.03. The van der Waals surface area contributed by atoms with Gasteiger partial charge in [0.25, 0.3) is 5.56 Å². The molecular weight excluding hydrogens is 392 g/mol. The lowest BCUT2D eigenvalue weighted by Crippen LogP contribution is -2.10. The largest absolute Gasteiger partial charge is 0.367 e. The number of rotatable bonds is 5. The van der Waals surface area contributed by atoms with Crippen LogP contribution in [0.5, 0.6) is 0 Å². The molecule has 1 aliphatic carbocycles. The fourth-order valence-electron chi connectivity index (χ4n) is 3.07. The van der Waals surface area contributed by atoms with Gasteiger partial charge in [0, 0.05) is 40.0 Å². The van der Waals surface area contributed by atoms with E-state index in [0.29, 0.717) is 17.8 Å². The van der Waals surface area contributed by atoms with Gasteiger partial charge in [-0.2, -0.15) is 0 Å². The Kier molecular flexibility index (Phi) is 4.59. The number of aromatic amines is 1. The number of hydrogen-bond acceptors (Lipinski definition) is 4. The first-order valence-electron chi connectivity index (χ1n) is 8.71. The van der Waals surface area contributed by atoms with Crippen molar-refractivity contribution in [2.24, 2.45) is 0 Å². The van der Waals surface area contributed by atoms with Crippen LogP contribution >= 0.6 is 15.9 Å². The maximum Gasteiger partial charge on any atom is 0.251 e. The van der Waals surface area contributed by atoms with Crippen LogP contribution in [0.4, 0.5) is 5.82 Å². The van der Waals surface area contributed by atoms with Crippen LogP contribution in [0.2, 0.25) is 0 Å². The van der Waals surface area contributed by atoms with E-state index in [1.54, 1.807) is 6.20 Å². The van der Waals surface area contributed by atoms with E-state index in [4.69, 9.17) is 0 Å². The van der Waals surface area contributed by atoms with Crippen molar-refractivity contribution in [2.45, 2.75) is 31.7 Å². The molecule has 26 heavy (non-hydrogen) atoms. The minimum Gasteiger partial charge on any atom is -0.367 e. The third-order valence-corrected chi connectivity index (χ3v) is 5.14. The van der Waals surface area contributed by atoms with E-state index in [1.165, 1.54) is 11.6 Å². The highest BCUT2D eigenvalue weighted by Crippen LogP contribution is 2.42. The molecule has 5 nitrogen and oxygen atoms in total. The minimum absolute atomic E-state index is 0.135. The number of nitrogens with one attached hydrogen (secondary N) is 2. The second-order valence-electron chi connectivity index (χ2n) is 6.52. The van der Waals surface area contributed by atoms with E-state index in [2.05, 4.69) is 60.5 Å². The van der Waals surface area contributed by atoms with E-state index < -0.39 is 0 Å². The lowest BCUT2D eigenvalue weighted by atomic mass is 10.1. The fraction of sp³-hybridized carbons (Fsp3) is 0.250. The molecule has 0 saturated heterocycles. The monoisotopic (exact) mass is 410 g/mol. The van der Waals surface area contributed by atoms with Crippen molar-refractivity contribution < 1.29 is 0 Å². The Morgan fingerprint density at radius 1 is 1.23 bits per heavy atom. The van der Waals surface area contributed by atoms with Crippen molar-refractivity contribution in [1.82, 2.24) is 15.0 Å². The van der Waals surface area contributed by atoms with Crippen LogP contribution in [-0.4, -0.2) is 21.0 Å². The number of benzene rings is 1. The first kappa shape index (κ1) is 17.0. The number of H-pyrrole nitrogens is 1. The number of hydrogen-bond donors (Lipinski definition) is 2. The molecule has 6 heteroatoms. The number of nitrogens with zero attached hydrogens (tertiary/aromatic N) is 2. The van der Waals surface area contributed by atoms with E-state index >= 15 is 0 Å². The quantitative estimate of drug-likeness (QED) is 0.663. The number of anilines is 1. The summed E-state index contributed by atoms with van der Waals surface area (Å²) in [6.45, 7) is 1.98. The summed E-state index contributed by atoms with van der Waals surface area (Å²) in [7, 11) is 0. The molecule has 4 rings (SSSR count). The summed E-state index contributed by atoms with van der Waals surface area (Å²) in [6.07, 6.45) is 3.58. The van der Waals surface area contributed by atoms with Crippen molar-refractivity contribution in [2.75, 3.05) is 5.32 Å². The third-order valence-electron chi connectivity index (χ3n) is 4.62. The van der Waals surface area contributed by atoms with Crippen LogP contribution < -0.4 is 10.9 Å². The van der Waals surface area contributed by atoms with Crippen molar-refractivity contribution in [3.63, 3.8) is 0 Å². The Morgan fingerprint density at radius 2 is 2.04 bits per heavy atom. The van der Waals surface area contributed by atoms with Gasteiger partial charge in [-0.1, -0.05) is 35.0 Å². The van der Waals surface area contributed by atoms with Crippen LogP contribution in [0.15, 0.2) is 57.9 Å². The summed E-state index contributed by atoms with van der Waals surface area (Å²) in [5, 5.41) is 3.48. The van der Waals surface area contributed by atoms with Gasteiger partial charge >= 0.3 is 0 Å². The predicted octanol–water partition coefficient (Wildman–Crippen LogP) is 4.12. The van der Waals surface area contributed by atoms with Crippen LogP contribution in [0.25, 0.3) is 11.4 Å². The third kappa shape index (κ3) is 3.70. The summed E-state index contributed by atoms with van der Waals surface area (Å²) < 4.78 is 1.10. The Hall–Kier alpha value is -2.47. The van der Waals surface area contributed by atoms with Crippen LogP contribution in [0, 0.1) is 0 Å². The average Bonchev–Trinajstić information content (AvgIpc) is 3.41. The molecule has 1 fully saturated rings. The SMILES string of the molecule is CCc1cc(=O)[nH]c(-c2ccc(NC3CC3c3ccc(Br)cc3)nc2)n1. The molecule has 2 N–H and O–H groups in total. The van der Waals surface area contributed by atoms with Crippen molar-refractivity contribution >= 4 is 21.7 Å². The lowest BCUT2D eigenvalue weighted by Gasteiger charge is -2.07. The second-order valence-corrected chi connectivity index (χ2v) is 7.43. The molecule has 132 valence electrons. The van der Waals surface area contributed by atoms with Gasteiger partial charge in [-0.15, -0.1) is 0 Å². The number of pyridine rings is 1. The molecule has 2 aromatic heterocycles. The van der Waals surface area contributed by atoms with Gasteiger partial charge in [0.05, 0.1) is 0 Å². The highest BCUT2D eigenvalue weighted by molar-refractivity contribution is 9.10. The fourth-order valence-corrected chi connectivity index (χ4v) is 3.33. The normalized spacial score (nSPS) is 18.5. The van der Waals surface area contributed by atoms with Gasteiger partial charge in [0.1, 0.15) is 11.6 Å². The molecule has 1 saturated carbocycles. The molecule has 3 aromatic rings. The Balaban J connectivity index is 1.45. The van der Waals surface area contributed by atoms with E-state index in [1.807, 2.05) is 19.1 Å². The standard InChI is InChI=1S/C20H19BrN4O/c1-2-15-9-19(26)25-20(23-15)13-5-8-18(22-11-13)24-17-10-16(17)12-3-6-14(21)7-4-12/h3-9,11,16-17H,2,10H2,1H3,(H,22,24)(H,23,25,26). The lowest BCUT2D eigenvalue weighted by molar-refractivity contribution is 0.984. The molecule has 2 heterocycles. The van der Waals surface area contributed by atoms with Crippen molar-refractivity contribution in [3.8, 4) is 11.4 Å². The molecule has 2 unspecified atom stereocenters. The van der Waals surface area contributed by atoms with Gasteiger partial charge in [-0.25, -0.2) is 9.97 Å². The predicted molar refractivity (Wildman–Crippen MR) is 106 cm³/mol. The van der Waals surface area contributed by atoms with Gasteiger partial charge in [-0.3, -0.25) is 4.79 Å². The number of aryl methyl sites for hydroxylation is 1. The van der Waals surface area contributed by atoms with E-state index in [9.17, 15) is 4.79 Å². The molecule has 0 aliphatic heterocycles. The summed E-state index contributed by atoms with van der Waals surface area (Å²) in [4.78, 5) is 23.4. The highest BCUT2D eigenvalue weighted by atomic mass is 79.9.